The number of aldehydes is 1. The number of pyridine rings is 1. The van der Waals surface area contributed by atoms with Gasteiger partial charge in [0.25, 0.3) is 0 Å². The number of aromatic nitrogens is 2. The van der Waals surface area contributed by atoms with Crippen LogP contribution < -0.4 is 0 Å². The lowest BCUT2D eigenvalue weighted by atomic mass is 10.4. The van der Waals surface area contributed by atoms with E-state index in [-0.39, 0.29) is 0 Å². The molecule has 2 aromatic heterocycles. The Labute approximate surface area is 73.6 Å². The Bertz CT molecular complexity index is 436. The third-order valence-electron chi connectivity index (χ3n) is 1.62. The van der Waals surface area contributed by atoms with Gasteiger partial charge >= 0.3 is 0 Å². The smallest absolute Gasteiger partial charge is 0.168 e. The molecule has 0 radical (unpaired) electrons. The molecule has 0 aromatic carbocycles. The van der Waals surface area contributed by atoms with Crippen molar-refractivity contribution in [3.63, 3.8) is 0 Å². The van der Waals surface area contributed by atoms with Crippen LogP contribution in [0.2, 0.25) is 5.02 Å². The van der Waals surface area contributed by atoms with Crippen LogP contribution in [0.4, 0.5) is 0 Å². The molecule has 0 atom stereocenters. The van der Waals surface area contributed by atoms with Crippen molar-refractivity contribution in [3.8, 4) is 0 Å². The van der Waals surface area contributed by atoms with Gasteiger partial charge in [0.05, 0.1) is 11.2 Å². The molecular formula is C8H5ClN2O. The zero-order valence-electron chi connectivity index (χ0n) is 6.07. The van der Waals surface area contributed by atoms with E-state index in [2.05, 4.69) is 4.98 Å². The van der Waals surface area contributed by atoms with Gasteiger partial charge in [-0.2, -0.15) is 0 Å². The maximum atomic E-state index is 10.5. The highest BCUT2D eigenvalue weighted by molar-refractivity contribution is 6.30. The SMILES string of the molecule is O=Cc1cnc2ccc(Cl)cn12. The molecule has 0 bridgehead atoms. The first-order valence-corrected chi connectivity index (χ1v) is 3.77. The molecule has 0 fully saturated rings. The van der Waals surface area contributed by atoms with Gasteiger partial charge < -0.3 is 0 Å². The Balaban J connectivity index is 2.83. The molecule has 0 aliphatic carbocycles. The third-order valence-corrected chi connectivity index (χ3v) is 1.84. The van der Waals surface area contributed by atoms with Crippen molar-refractivity contribution in [1.29, 1.82) is 0 Å². The van der Waals surface area contributed by atoms with Crippen LogP contribution in [-0.2, 0) is 0 Å². The van der Waals surface area contributed by atoms with Gasteiger partial charge in [-0.3, -0.25) is 9.20 Å². The Morgan fingerprint density at radius 2 is 2.33 bits per heavy atom. The monoisotopic (exact) mass is 180 g/mol. The first-order chi connectivity index (χ1) is 5.81. The number of carbonyl (C=O) groups is 1. The lowest BCUT2D eigenvalue weighted by Gasteiger charge is -1.94. The summed E-state index contributed by atoms with van der Waals surface area (Å²) in [6.07, 6.45) is 3.92. The number of halogens is 1. The van der Waals surface area contributed by atoms with E-state index in [0.29, 0.717) is 10.7 Å². The van der Waals surface area contributed by atoms with Crippen molar-refractivity contribution in [3.05, 3.63) is 35.2 Å². The summed E-state index contributed by atoms with van der Waals surface area (Å²) in [7, 11) is 0. The van der Waals surface area contributed by atoms with Crippen LogP contribution >= 0.6 is 11.6 Å². The standard InChI is InChI=1S/C8H5ClN2O/c9-6-1-2-8-10-3-7(5-12)11(8)4-6/h1-5H. The highest BCUT2D eigenvalue weighted by atomic mass is 35.5. The lowest BCUT2D eigenvalue weighted by molar-refractivity contribution is 0.111. The maximum Gasteiger partial charge on any atom is 0.168 e. The van der Waals surface area contributed by atoms with E-state index in [0.717, 1.165) is 11.9 Å². The number of nitrogens with zero attached hydrogens (tertiary/aromatic N) is 2. The number of imidazole rings is 1. The maximum absolute atomic E-state index is 10.5. The molecular weight excluding hydrogens is 176 g/mol. The minimum Gasteiger partial charge on any atom is -0.296 e. The zero-order valence-corrected chi connectivity index (χ0v) is 6.82. The summed E-state index contributed by atoms with van der Waals surface area (Å²) in [5.41, 5.74) is 1.23. The second kappa shape index (κ2) is 2.60. The van der Waals surface area contributed by atoms with E-state index in [1.165, 1.54) is 6.20 Å². The minimum absolute atomic E-state index is 0.507. The second-order valence-electron chi connectivity index (χ2n) is 2.38. The van der Waals surface area contributed by atoms with Gasteiger partial charge in [-0.25, -0.2) is 4.98 Å². The Kier molecular flexibility index (Phi) is 1.59. The van der Waals surface area contributed by atoms with Crippen LogP contribution in [0, 0.1) is 0 Å². The molecule has 2 rings (SSSR count). The Morgan fingerprint density at radius 3 is 3.08 bits per heavy atom. The number of carbonyl (C=O) groups excluding carboxylic acids is 1. The van der Waals surface area contributed by atoms with Gasteiger partial charge in [0.1, 0.15) is 11.3 Å². The van der Waals surface area contributed by atoms with E-state index < -0.39 is 0 Å². The fourth-order valence-electron chi connectivity index (χ4n) is 1.06. The molecule has 0 spiro atoms. The van der Waals surface area contributed by atoms with E-state index in [4.69, 9.17) is 11.6 Å². The highest BCUT2D eigenvalue weighted by Crippen LogP contribution is 2.11. The van der Waals surface area contributed by atoms with Crippen molar-refractivity contribution in [1.82, 2.24) is 9.38 Å². The molecule has 12 heavy (non-hydrogen) atoms. The molecule has 2 heterocycles. The van der Waals surface area contributed by atoms with E-state index in [1.54, 1.807) is 22.7 Å². The molecule has 3 nitrogen and oxygen atoms in total. The second-order valence-corrected chi connectivity index (χ2v) is 2.81. The molecule has 0 aliphatic rings. The van der Waals surface area contributed by atoms with E-state index in [1.807, 2.05) is 0 Å². The van der Waals surface area contributed by atoms with Crippen molar-refractivity contribution < 1.29 is 4.79 Å². The fraction of sp³-hybridized carbons (Fsp3) is 0. The normalized spacial score (nSPS) is 10.4. The zero-order chi connectivity index (χ0) is 8.55. The van der Waals surface area contributed by atoms with E-state index >= 15 is 0 Å². The summed E-state index contributed by atoms with van der Waals surface area (Å²) in [6.45, 7) is 0. The molecule has 0 amide bonds. The minimum atomic E-state index is 0.507. The van der Waals surface area contributed by atoms with Crippen molar-refractivity contribution >= 4 is 23.5 Å². The van der Waals surface area contributed by atoms with E-state index in [9.17, 15) is 4.79 Å². The number of rotatable bonds is 1. The number of hydrogen-bond acceptors (Lipinski definition) is 2. The third kappa shape index (κ3) is 0.987. The summed E-state index contributed by atoms with van der Waals surface area (Å²) >= 11 is 5.74. The molecule has 0 saturated heterocycles. The summed E-state index contributed by atoms with van der Waals surface area (Å²) in [5, 5.41) is 0.587. The quantitative estimate of drug-likeness (QED) is 0.628. The van der Waals surface area contributed by atoms with Crippen molar-refractivity contribution in [2.45, 2.75) is 0 Å². The van der Waals surface area contributed by atoms with Gasteiger partial charge in [0, 0.05) is 6.20 Å². The fourth-order valence-corrected chi connectivity index (χ4v) is 1.22. The lowest BCUT2D eigenvalue weighted by Crippen LogP contribution is -1.89. The van der Waals surface area contributed by atoms with Crippen LogP contribution in [0.5, 0.6) is 0 Å². The molecule has 0 saturated carbocycles. The molecule has 4 heteroatoms. The van der Waals surface area contributed by atoms with Crippen molar-refractivity contribution in [2.75, 3.05) is 0 Å². The van der Waals surface area contributed by atoms with Crippen LogP contribution in [0.25, 0.3) is 5.65 Å². The molecule has 0 aliphatic heterocycles. The average Bonchev–Trinajstić information content (AvgIpc) is 2.46. The largest absolute Gasteiger partial charge is 0.296 e. The van der Waals surface area contributed by atoms with Crippen LogP contribution in [-0.4, -0.2) is 15.7 Å². The Morgan fingerprint density at radius 1 is 1.50 bits per heavy atom. The topological polar surface area (TPSA) is 34.4 Å². The first-order valence-electron chi connectivity index (χ1n) is 3.39. The van der Waals surface area contributed by atoms with Crippen LogP contribution in [0.1, 0.15) is 10.5 Å². The predicted molar refractivity (Wildman–Crippen MR) is 45.6 cm³/mol. The van der Waals surface area contributed by atoms with Crippen molar-refractivity contribution in [2.24, 2.45) is 0 Å². The number of fused-ring (bicyclic) bond motifs is 1. The molecule has 2 aromatic rings. The predicted octanol–water partition coefficient (Wildman–Crippen LogP) is 1.80. The van der Waals surface area contributed by atoms with Gasteiger partial charge in [0.15, 0.2) is 6.29 Å². The van der Waals surface area contributed by atoms with Gasteiger partial charge in [0.2, 0.25) is 0 Å². The molecule has 0 N–H and O–H groups in total. The summed E-state index contributed by atoms with van der Waals surface area (Å²) in [4.78, 5) is 14.5. The number of hydrogen-bond donors (Lipinski definition) is 0. The van der Waals surface area contributed by atoms with Crippen LogP contribution in [0.15, 0.2) is 24.5 Å². The summed E-state index contributed by atoms with van der Waals surface area (Å²) < 4.78 is 1.65. The highest BCUT2D eigenvalue weighted by Gasteiger charge is 2.00. The van der Waals surface area contributed by atoms with Gasteiger partial charge in [-0.15, -0.1) is 0 Å². The Hall–Kier alpha value is -1.35. The molecule has 60 valence electrons. The summed E-state index contributed by atoms with van der Waals surface area (Å²) in [6, 6.07) is 3.49. The summed E-state index contributed by atoms with van der Waals surface area (Å²) in [5.74, 6) is 0. The van der Waals surface area contributed by atoms with Gasteiger partial charge in [-0.1, -0.05) is 11.6 Å². The molecule has 0 unspecified atom stereocenters. The van der Waals surface area contributed by atoms with Crippen LogP contribution in [0.3, 0.4) is 0 Å². The first kappa shape index (κ1) is 7.31. The van der Waals surface area contributed by atoms with Gasteiger partial charge in [-0.05, 0) is 12.1 Å². The average molecular weight is 181 g/mol.